The number of carbonyl (C=O) groups is 1. The molecular weight excluding hydrogens is 470 g/mol. The van der Waals surface area contributed by atoms with Gasteiger partial charge in [-0.05, 0) is 66.2 Å². The highest BCUT2D eigenvalue weighted by Gasteiger charge is 2.16. The zero-order chi connectivity index (χ0) is 24.2. The third-order valence-corrected chi connectivity index (χ3v) is 7.30. The quantitative estimate of drug-likeness (QED) is 0.287. The molecule has 7 nitrogen and oxygen atoms in total. The third kappa shape index (κ3) is 4.95. The van der Waals surface area contributed by atoms with Crippen LogP contribution in [0.4, 0.5) is 0 Å². The minimum absolute atomic E-state index is 0.125. The Morgan fingerprint density at radius 2 is 1.85 bits per heavy atom. The Bertz CT molecular complexity index is 1410. The second-order valence-corrected chi connectivity index (χ2v) is 9.55. The van der Waals surface area contributed by atoms with Crippen molar-refractivity contribution in [2.24, 2.45) is 0 Å². The average Bonchev–Trinajstić information content (AvgIpc) is 3.32. The lowest BCUT2D eigenvalue weighted by molar-refractivity contribution is -0.118. The molecule has 2 heterocycles. The van der Waals surface area contributed by atoms with E-state index in [1.54, 1.807) is 24.9 Å². The molecule has 2 aromatic carbocycles. The molecule has 0 aliphatic carbocycles. The van der Waals surface area contributed by atoms with Crippen molar-refractivity contribution in [3.05, 3.63) is 74.9 Å². The third-order valence-electron chi connectivity index (χ3n) is 5.47. The number of ether oxygens (including phenoxy) is 2. The molecule has 1 amide bonds. The van der Waals surface area contributed by atoms with Crippen LogP contribution in [-0.4, -0.2) is 35.4 Å². The van der Waals surface area contributed by atoms with E-state index in [2.05, 4.69) is 10.3 Å². The largest absolute Gasteiger partial charge is 0.493 e. The van der Waals surface area contributed by atoms with Crippen molar-refractivity contribution >= 4 is 39.2 Å². The lowest BCUT2D eigenvalue weighted by Crippen LogP contribution is -2.26. The summed E-state index contributed by atoms with van der Waals surface area (Å²) in [5.41, 5.74) is 4.37. The van der Waals surface area contributed by atoms with Crippen molar-refractivity contribution in [1.82, 2.24) is 14.9 Å². The van der Waals surface area contributed by atoms with E-state index in [4.69, 9.17) is 9.47 Å². The van der Waals surface area contributed by atoms with E-state index in [9.17, 15) is 9.59 Å². The van der Waals surface area contributed by atoms with E-state index >= 15 is 0 Å². The minimum atomic E-state index is -0.161. The van der Waals surface area contributed by atoms with Crippen LogP contribution in [0.1, 0.15) is 16.7 Å². The molecule has 4 rings (SSSR count). The zero-order valence-corrected chi connectivity index (χ0v) is 21.0. The number of hydrogen-bond acceptors (Lipinski definition) is 7. The molecule has 0 fully saturated rings. The lowest BCUT2D eigenvalue weighted by atomic mass is 10.1. The summed E-state index contributed by atoms with van der Waals surface area (Å²) in [6, 6.07) is 13.2. The number of rotatable bonds is 8. The molecule has 9 heteroatoms. The van der Waals surface area contributed by atoms with E-state index in [0.717, 1.165) is 22.4 Å². The highest BCUT2D eigenvalue weighted by Crippen LogP contribution is 2.28. The van der Waals surface area contributed by atoms with Gasteiger partial charge in [-0.2, -0.15) is 0 Å². The first-order valence-corrected chi connectivity index (χ1v) is 12.5. The molecule has 2 aromatic heterocycles. The first kappa shape index (κ1) is 23.8. The SMILES string of the molecule is COc1ccc(CNC(=O)CSc2nc3ccsc3c(=O)n2-c2ccc(C)c(C)c2)cc1OC. The first-order valence-electron chi connectivity index (χ1n) is 10.6. The van der Waals surface area contributed by atoms with E-state index in [-0.39, 0.29) is 17.2 Å². The van der Waals surface area contributed by atoms with Crippen molar-refractivity contribution in [3.63, 3.8) is 0 Å². The summed E-state index contributed by atoms with van der Waals surface area (Å²) >= 11 is 2.61. The van der Waals surface area contributed by atoms with Gasteiger partial charge in [-0.15, -0.1) is 11.3 Å². The van der Waals surface area contributed by atoms with Crippen LogP contribution in [0.15, 0.2) is 57.8 Å². The fraction of sp³-hybridized carbons (Fsp3) is 0.240. The van der Waals surface area contributed by atoms with Gasteiger partial charge >= 0.3 is 0 Å². The number of nitrogens with one attached hydrogen (secondary N) is 1. The number of nitrogens with zero attached hydrogens (tertiary/aromatic N) is 2. The Morgan fingerprint density at radius 3 is 2.59 bits per heavy atom. The number of aryl methyl sites for hydroxylation is 2. The van der Waals surface area contributed by atoms with Crippen LogP contribution >= 0.6 is 23.1 Å². The maximum atomic E-state index is 13.3. The van der Waals surface area contributed by atoms with Gasteiger partial charge in [0, 0.05) is 6.54 Å². The molecular formula is C25H25N3O4S2. The summed E-state index contributed by atoms with van der Waals surface area (Å²) in [4.78, 5) is 30.6. The van der Waals surface area contributed by atoms with Crippen LogP contribution < -0.4 is 20.3 Å². The Hall–Kier alpha value is -3.30. The standard InChI is InChI=1S/C25H25N3O4S2/c1-15-5-7-18(11-16(15)2)28-24(30)23-19(9-10-33-23)27-25(28)34-14-22(29)26-13-17-6-8-20(31-3)21(12-17)32-4/h5-12H,13-14H2,1-4H3,(H,26,29). The second-order valence-electron chi connectivity index (χ2n) is 7.69. The Labute approximate surface area is 205 Å². The van der Waals surface area contributed by atoms with E-state index in [1.165, 1.54) is 23.1 Å². The topological polar surface area (TPSA) is 82.5 Å². The van der Waals surface area contributed by atoms with Crippen LogP contribution in [0.5, 0.6) is 11.5 Å². The maximum absolute atomic E-state index is 13.3. The van der Waals surface area contributed by atoms with Gasteiger partial charge in [-0.25, -0.2) is 4.98 Å². The fourth-order valence-electron chi connectivity index (χ4n) is 3.45. The van der Waals surface area contributed by atoms with Crippen molar-refractivity contribution < 1.29 is 14.3 Å². The maximum Gasteiger partial charge on any atom is 0.276 e. The number of hydrogen-bond donors (Lipinski definition) is 1. The van der Waals surface area contributed by atoms with Crippen molar-refractivity contribution in [2.45, 2.75) is 25.5 Å². The number of fused-ring (bicyclic) bond motifs is 1. The Balaban J connectivity index is 1.53. The van der Waals surface area contributed by atoms with Crippen molar-refractivity contribution in [1.29, 1.82) is 0 Å². The summed E-state index contributed by atoms with van der Waals surface area (Å²) < 4.78 is 12.8. The molecule has 0 unspecified atom stereocenters. The summed E-state index contributed by atoms with van der Waals surface area (Å²) in [6.07, 6.45) is 0. The summed E-state index contributed by atoms with van der Waals surface area (Å²) in [6.45, 7) is 4.39. The van der Waals surface area contributed by atoms with Gasteiger partial charge in [-0.1, -0.05) is 23.9 Å². The zero-order valence-electron chi connectivity index (χ0n) is 19.4. The molecule has 0 aliphatic rings. The molecule has 4 aromatic rings. The van der Waals surface area contributed by atoms with Gasteiger partial charge in [-0.3, -0.25) is 14.2 Å². The summed E-state index contributed by atoms with van der Waals surface area (Å²) in [7, 11) is 3.15. The smallest absolute Gasteiger partial charge is 0.276 e. The molecule has 34 heavy (non-hydrogen) atoms. The van der Waals surface area contributed by atoms with Crippen LogP contribution in [0, 0.1) is 13.8 Å². The Morgan fingerprint density at radius 1 is 1.06 bits per heavy atom. The molecule has 0 saturated carbocycles. The molecule has 0 radical (unpaired) electrons. The fourth-order valence-corrected chi connectivity index (χ4v) is 5.06. The predicted molar refractivity (Wildman–Crippen MR) is 137 cm³/mol. The number of amides is 1. The Kier molecular flexibility index (Phi) is 7.23. The number of carbonyl (C=O) groups excluding carboxylic acids is 1. The molecule has 0 atom stereocenters. The predicted octanol–water partition coefficient (Wildman–Crippen LogP) is 4.49. The normalized spacial score (nSPS) is 10.9. The van der Waals surface area contributed by atoms with Gasteiger partial charge in [0.1, 0.15) is 4.70 Å². The molecule has 0 spiro atoms. The summed E-state index contributed by atoms with van der Waals surface area (Å²) in [5.74, 6) is 1.20. The van der Waals surface area contributed by atoms with Crippen molar-refractivity contribution in [3.8, 4) is 17.2 Å². The minimum Gasteiger partial charge on any atom is -0.493 e. The van der Waals surface area contributed by atoms with Gasteiger partial charge in [0.25, 0.3) is 5.56 Å². The number of methoxy groups -OCH3 is 2. The average molecular weight is 496 g/mol. The number of aromatic nitrogens is 2. The van der Waals surface area contributed by atoms with Gasteiger partial charge in [0.15, 0.2) is 16.7 Å². The molecule has 176 valence electrons. The summed E-state index contributed by atoms with van der Waals surface area (Å²) in [5, 5.41) is 5.25. The van der Waals surface area contributed by atoms with Crippen LogP contribution in [0.2, 0.25) is 0 Å². The molecule has 0 saturated heterocycles. The molecule has 0 bridgehead atoms. The van der Waals surface area contributed by atoms with Crippen LogP contribution in [-0.2, 0) is 11.3 Å². The second kappa shape index (κ2) is 10.3. The van der Waals surface area contributed by atoms with E-state index in [0.29, 0.717) is 33.4 Å². The van der Waals surface area contributed by atoms with Gasteiger partial charge < -0.3 is 14.8 Å². The van der Waals surface area contributed by atoms with E-state index in [1.807, 2.05) is 55.6 Å². The number of benzene rings is 2. The van der Waals surface area contributed by atoms with E-state index < -0.39 is 0 Å². The van der Waals surface area contributed by atoms with Gasteiger partial charge in [0.05, 0.1) is 31.2 Å². The van der Waals surface area contributed by atoms with Crippen LogP contribution in [0.25, 0.3) is 15.9 Å². The number of thiophene rings is 1. The molecule has 0 aliphatic heterocycles. The lowest BCUT2D eigenvalue weighted by Gasteiger charge is -2.14. The van der Waals surface area contributed by atoms with Crippen molar-refractivity contribution in [2.75, 3.05) is 20.0 Å². The van der Waals surface area contributed by atoms with Crippen LogP contribution in [0.3, 0.4) is 0 Å². The monoisotopic (exact) mass is 495 g/mol. The number of thioether (sulfide) groups is 1. The van der Waals surface area contributed by atoms with Gasteiger partial charge in [0.2, 0.25) is 5.91 Å². The highest BCUT2D eigenvalue weighted by molar-refractivity contribution is 7.99. The highest BCUT2D eigenvalue weighted by atomic mass is 32.2. The first-order chi connectivity index (χ1) is 16.4. The molecule has 1 N–H and O–H groups in total.